The fourth-order valence-corrected chi connectivity index (χ4v) is 5.35. The zero-order valence-corrected chi connectivity index (χ0v) is 25.0. The van der Waals surface area contributed by atoms with Crippen LogP contribution in [0.25, 0.3) is 0 Å². The molecule has 6 atom stereocenters. The summed E-state index contributed by atoms with van der Waals surface area (Å²) in [5, 5.41) is 26.1. The van der Waals surface area contributed by atoms with E-state index in [2.05, 4.69) is 16.0 Å². The summed E-state index contributed by atoms with van der Waals surface area (Å²) in [4.78, 5) is 90.8. The maximum Gasteiger partial charge on any atom is 0.326 e. The fourth-order valence-electron chi connectivity index (χ4n) is 5.35. The van der Waals surface area contributed by atoms with E-state index in [0.29, 0.717) is 38.6 Å². The van der Waals surface area contributed by atoms with Gasteiger partial charge in [-0.25, -0.2) is 4.79 Å². The first-order valence-corrected chi connectivity index (χ1v) is 14.9. The van der Waals surface area contributed by atoms with Gasteiger partial charge >= 0.3 is 5.97 Å². The van der Waals surface area contributed by atoms with Gasteiger partial charge in [-0.2, -0.15) is 0 Å². The predicted octanol–water partition coefficient (Wildman–Crippen LogP) is -3.76. The number of aliphatic hydroxyl groups excluding tert-OH is 1. The Kier molecular flexibility index (Phi) is 14.4. The van der Waals surface area contributed by atoms with Crippen molar-refractivity contribution in [2.24, 2.45) is 17.2 Å². The lowest BCUT2D eigenvalue weighted by atomic mass is 10.1. The van der Waals surface area contributed by atoms with Crippen LogP contribution in [0.5, 0.6) is 0 Å². The second-order valence-corrected chi connectivity index (χ2v) is 11.1. The normalized spacial score (nSPS) is 20.7. The second-order valence-electron chi connectivity index (χ2n) is 11.1. The Balaban J connectivity index is 2.15. The molecule has 0 aromatic carbocycles. The van der Waals surface area contributed by atoms with Gasteiger partial charge in [0.2, 0.25) is 35.4 Å². The number of rotatable bonds is 17. The van der Waals surface area contributed by atoms with Crippen molar-refractivity contribution in [3.05, 3.63) is 0 Å². The number of nitrogens with one attached hydrogen (secondary N) is 3. The van der Waals surface area contributed by atoms with Crippen LogP contribution in [0.1, 0.15) is 64.7 Å². The Hall–Kier alpha value is -3.83. The van der Waals surface area contributed by atoms with Gasteiger partial charge in [-0.05, 0) is 64.8 Å². The van der Waals surface area contributed by atoms with Crippen molar-refractivity contribution >= 4 is 41.4 Å². The lowest BCUT2D eigenvalue weighted by Crippen LogP contribution is -2.58. The average molecular weight is 627 g/mol. The molecule has 6 amide bonds. The molecule has 0 unspecified atom stereocenters. The number of aliphatic hydroxyl groups is 1. The van der Waals surface area contributed by atoms with E-state index in [4.69, 9.17) is 22.3 Å². The average Bonchev–Trinajstić information content (AvgIpc) is 3.67. The molecule has 2 rings (SSSR count). The number of unbranched alkanes of at least 4 members (excludes halogenated alkanes) is 1. The van der Waals surface area contributed by atoms with E-state index in [0.717, 1.165) is 0 Å². The van der Waals surface area contributed by atoms with Gasteiger partial charge in [0.15, 0.2) is 0 Å². The Labute approximate surface area is 255 Å². The van der Waals surface area contributed by atoms with E-state index >= 15 is 0 Å². The highest BCUT2D eigenvalue weighted by Gasteiger charge is 2.41. The summed E-state index contributed by atoms with van der Waals surface area (Å²) < 4.78 is 0. The summed E-state index contributed by atoms with van der Waals surface area (Å²) in [5.41, 5.74) is 16.2. The maximum atomic E-state index is 13.7. The smallest absolute Gasteiger partial charge is 0.326 e. The first kappa shape index (κ1) is 36.4. The molecule has 17 heteroatoms. The first-order valence-electron chi connectivity index (χ1n) is 14.9. The second kappa shape index (κ2) is 17.5. The van der Waals surface area contributed by atoms with E-state index < -0.39 is 84.3 Å². The SMILES string of the molecule is C[C@H](NC(=O)[C@@H](N)CO)C(=O)N1CCC[C@H]1C(=O)N[C@@H](CCCCN)C(=O)N1CCC[C@H]1C(=O)N[C@@H](CCC(N)=O)C(=O)O. The molecule has 2 aliphatic rings. The van der Waals surface area contributed by atoms with Crippen molar-refractivity contribution in [3.63, 3.8) is 0 Å². The number of nitrogens with zero attached hydrogens (tertiary/aromatic N) is 2. The number of carbonyl (C=O) groups excluding carboxylic acids is 6. The van der Waals surface area contributed by atoms with E-state index in [1.54, 1.807) is 0 Å². The van der Waals surface area contributed by atoms with Gasteiger partial charge in [-0.3, -0.25) is 28.8 Å². The molecule has 2 fully saturated rings. The standard InChI is InChI=1S/C27H46N8O9/c1-15(31-22(38)16(29)14-36)25(41)34-12-4-7-19(34)23(39)32-17(6-2-3-11-28)26(42)35-13-5-8-20(35)24(40)33-18(27(43)44)9-10-21(30)37/h15-20,36H,2-14,28-29H2,1H3,(H2,30,37)(H,31,38)(H,32,39)(H,33,40)(H,43,44)/t15-,16-,17-,18-,19-,20-/m0/s1. The molecule has 0 saturated carbocycles. The number of hydrogen-bond acceptors (Lipinski definition) is 10. The van der Waals surface area contributed by atoms with Crippen LogP contribution in [0.15, 0.2) is 0 Å². The molecule has 0 aromatic heterocycles. The van der Waals surface area contributed by atoms with Crippen LogP contribution in [0, 0.1) is 0 Å². The van der Waals surface area contributed by atoms with Crippen LogP contribution in [-0.2, 0) is 33.6 Å². The molecule has 11 N–H and O–H groups in total. The minimum atomic E-state index is -1.37. The van der Waals surface area contributed by atoms with Crippen molar-refractivity contribution in [1.82, 2.24) is 25.8 Å². The molecule has 0 bridgehead atoms. The third-order valence-corrected chi connectivity index (χ3v) is 7.80. The Morgan fingerprint density at radius 1 is 0.841 bits per heavy atom. The lowest BCUT2D eigenvalue weighted by Gasteiger charge is -2.31. The van der Waals surface area contributed by atoms with Gasteiger partial charge < -0.3 is 53.2 Å². The number of nitrogens with two attached hydrogens (primary N) is 3. The van der Waals surface area contributed by atoms with Crippen LogP contribution < -0.4 is 33.2 Å². The molecule has 0 aliphatic carbocycles. The number of likely N-dealkylation sites (tertiary alicyclic amines) is 2. The van der Waals surface area contributed by atoms with E-state index in [-0.39, 0.29) is 38.8 Å². The number of hydrogen-bond donors (Lipinski definition) is 8. The summed E-state index contributed by atoms with van der Waals surface area (Å²) in [6, 6.07) is -6.51. The molecule has 2 heterocycles. The number of carboxylic acids is 1. The zero-order chi connectivity index (χ0) is 33.0. The molecule has 248 valence electrons. The van der Waals surface area contributed by atoms with Gasteiger partial charge in [-0.1, -0.05) is 0 Å². The number of carbonyl (C=O) groups is 7. The highest BCUT2D eigenvalue weighted by Crippen LogP contribution is 2.22. The molecular weight excluding hydrogens is 580 g/mol. The maximum absolute atomic E-state index is 13.7. The van der Waals surface area contributed by atoms with Gasteiger partial charge in [0.1, 0.15) is 36.3 Å². The minimum Gasteiger partial charge on any atom is -0.480 e. The van der Waals surface area contributed by atoms with Crippen LogP contribution in [-0.4, -0.2) is 124 Å². The Morgan fingerprint density at radius 3 is 1.89 bits per heavy atom. The molecule has 44 heavy (non-hydrogen) atoms. The molecule has 2 saturated heterocycles. The molecule has 17 nitrogen and oxygen atoms in total. The predicted molar refractivity (Wildman–Crippen MR) is 155 cm³/mol. The van der Waals surface area contributed by atoms with Crippen LogP contribution in [0.2, 0.25) is 0 Å². The van der Waals surface area contributed by atoms with E-state index in [1.807, 2.05) is 0 Å². The Bertz CT molecular complexity index is 1070. The minimum absolute atomic E-state index is 0.206. The molecule has 2 aliphatic heterocycles. The van der Waals surface area contributed by atoms with Gasteiger partial charge in [0.05, 0.1) is 6.61 Å². The van der Waals surface area contributed by atoms with Crippen LogP contribution >= 0.6 is 0 Å². The van der Waals surface area contributed by atoms with E-state index in [1.165, 1.54) is 16.7 Å². The van der Waals surface area contributed by atoms with Crippen molar-refractivity contribution in [1.29, 1.82) is 0 Å². The topological polar surface area (TPSA) is 281 Å². The number of aliphatic carboxylic acids is 1. The van der Waals surface area contributed by atoms with Gasteiger partial charge in [0.25, 0.3) is 0 Å². The van der Waals surface area contributed by atoms with Crippen LogP contribution in [0.4, 0.5) is 0 Å². The lowest BCUT2D eigenvalue weighted by molar-refractivity contribution is -0.146. The molecular formula is C27H46N8O9. The quantitative estimate of drug-likeness (QED) is 0.0726. The summed E-state index contributed by atoms with van der Waals surface area (Å²) in [5.74, 6) is -5.07. The summed E-state index contributed by atoms with van der Waals surface area (Å²) in [6.07, 6.45) is 2.42. The Morgan fingerprint density at radius 2 is 1.39 bits per heavy atom. The van der Waals surface area contributed by atoms with Crippen molar-refractivity contribution in [3.8, 4) is 0 Å². The fraction of sp³-hybridized carbons (Fsp3) is 0.741. The molecule has 0 radical (unpaired) electrons. The molecule has 0 spiro atoms. The van der Waals surface area contributed by atoms with E-state index in [9.17, 15) is 38.7 Å². The van der Waals surface area contributed by atoms with Crippen molar-refractivity contribution in [2.45, 2.75) is 101 Å². The van der Waals surface area contributed by atoms with Crippen LogP contribution in [0.3, 0.4) is 0 Å². The number of amides is 6. The van der Waals surface area contributed by atoms with Crippen molar-refractivity contribution in [2.75, 3.05) is 26.2 Å². The van der Waals surface area contributed by atoms with Gasteiger partial charge in [0, 0.05) is 19.5 Å². The third-order valence-electron chi connectivity index (χ3n) is 7.80. The highest BCUT2D eigenvalue weighted by atomic mass is 16.4. The monoisotopic (exact) mass is 626 g/mol. The summed E-state index contributed by atoms with van der Waals surface area (Å²) in [6.45, 7) is 1.67. The number of carboxylic acid groups (broad SMARTS) is 1. The number of primary amides is 1. The highest BCUT2D eigenvalue weighted by molar-refractivity contribution is 5.96. The van der Waals surface area contributed by atoms with Gasteiger partial charge in [-0.15, -0.1) is 0 Å². The first-order chi connectivity index (χ1) is 20.8. The summed E-state index contributed by atoms with van der Waals surface area (Å²) in [7, 11) is 0. The van der Waals surface area contributed by atoms with Crippen molar-refractivity contribution < 1.29 is 43.8 Å². The molecule has 0 aromatic rings. The summed E-state index contributed by atoms with van der Waals surface area (Å²) >= 11 is 0. The largest absolute Gasteiger partial charge is 0.480 e. The third kappa shape index (κ3) is 10.1. The zero-order valence-electron chi connectivity index (χ0n) is 25.0.